The summed E-state index contributed by atoms with van der Waals surface area (Å²) in [7, 11) is 3.13. The largest absolute Gasteiger partial charge is 0.493 e. The molecule has 0 aliphatic carbocycles. The lowest BCUT2D eigenvalue weighted by Crippen LogP contribution is -2.42. The summed E-state index contributed by atoms with van der Waals surface area (Å²) in [4.78, 5) is 25.9. The molecule has 3 rings (SSSR count). The van der Waals surface area contributed by atoms with Crippen molar-refractivity contribution in [3.05, 3.63) is 52.9 Å². The van der Waals surface area contributed by atoms with Crippen molar-refractivity contribution >= 4 is 39.0 Å². The maximum atomic E-state index is 13.0. The second-order valence-electron chi connectivity index (χ2n) is 8.00. The molecular formula is C24H27NO5S. The van der Waals surface area contributed by atoms with Gasteiger partial charge in [-0.15, -0.1) is 11.3 Å². The minimum atomic E-state index is -1.62. The van der Waals surface area contributed by atoms with Crippen molar-refractivity contribution in [3.63, 3.8) is 0 Å². The number of fused-ring (bicyclic) bond motifs is 1. The molecule has 0 saturated carbocycles. The zero-order valence-electron chi connectivity index (χ0n) is 18.3. The van der Waals surface area contributed by atoms with Crippen LogP contribution in [0.25, 0.3) is 10.1 Å². The molecule has 3 aromatic rings. The summed E-state index contributed by atoms with van der Waals surface area (Å²) in [6.07, 6.45) is 0.0716. The van der Waals surface area contributed by atoms with Crippen molar-refractivity contribution in [2.45, 2.75) is 33.1 Å². The predicted molar refractivity (Wildman–Crippen MR) is 124 cm³/mol. The third-order valence-corrected chi connectivity index (χ3v) is 6.51. The number of carbonyl (C=O) groups excluding carboxylic acids is 1. The van der Waals surface area contributed by atoms with Gasteiger partial charge in [-0.3, -0.25) is 9.59 Å². The summed E-state index contributed by atoms with van der Waals surface area (Å²) in [6, 6.07) is 13.1. The molecule has 0 radical (unpaired) electrons. The second-order valence-corrected chi connectivity index (χ2v) is 9.17. The Balaban J connectivity index is 1.86. The maximum Gasteiger partial charge on any atom is 0.319 e. The van der Waals surface area contributed by atoms with E-state index in [9.17, 15) is 14.7 Å². The zero-order chi connectivity index (χ0) is 22.8. The summed E-state index contributed by atoms with van der Waals surface area (Å²) >= 11 is 1.44. The average Bonchev–Trinajstić information content (AvgIpc) is 3.13. The number of amides is 1. The smallest absolute Gasteiger partial charge is 0.319 e. The lowest BCUT2D eigenvalue weighted by molar-refractivity contribution is -0.152. The van der Waals surface area contributed by atoms with Crippen LogP contribution in [-0.2, 0) is 16.0 Å². The molecule has 1 amide bonds. The Morgan fingerprint density at radius 1 is 1.06 bits per heavy atom. The van der Waals surface area contributed by atoms with E-state index in [1.54, 1.807) is 26.4 Å². The van der Waals surface area contributed by atoms with E-state index in [-0.39, 0.29) is 6.42 Å². The van der Waals surface area contributed by atoms with Gasteiger partial charge in [0.15, 0.2) is 11.5 Å². The number of carbonyl (C=O) groups is 2. The number of anilines is 1. The van der Waals surface area contributed by atoms with E-state index in [2.05, 4.69) is 19.2 Å². The molecule has 1 aromatic heterocycles. The minimum absolute atomic E-state index is 0.0716. The number of carboxylic acids is 1. The van der Waals surface area contributed by atoms with Gasteiger partial charge in [0, 0.05) is 27.8 Å². The van der Waals surface area contributed by atoms with E-state index < -0.39 is 17.3 Å². The molecule has 7 heteroatoms. The highest BCUT2D eigenvalue weighted by molar-refractivity contribution is 7.19. The molecule has 0 saturated heterocycles. The van der Waals surface area contributed by atoms with Gasteiger partial charge in [0.25, 0.3) is 0 Å². The van der Waals surface area contributed by atoms with Gasteiger partial charge < -0.3 is 19.9 Å². The summed E-state index contributed by atoms with van der Waals surface area (Å²) in [6.45, 7) is 5.63. The van der Waals surface area contributed by atoms with Crippen LogP contribution in [0.1, 0.15) is 37.1 Å². The summed E-state index contributed by atoms with van der Waals surface area (Å²) < 4.78 is 11.6. The molecule has 2 N–H and O–H groups in total. The molecule has 0 spiro atoms. The van der Waals surface area contributed by atoms with Gasteiger partial charge in [-0.05, 0) is 48.1 Å². The fourth-order valence-corrected chi connectivity index (χ4v) is 4.56. The number of nitrogens with one attached hydrogen (secondary N) is 1. The number of thiophene rings is 1. The number of benzene rings is 2. The van der Waals surface area contributed by atoms with Crippen molar-refractivity contribution in [2.75, 3.05) is 19.5 Å². The number of rotatable bonds is 8. The van der Waals surface area contributed by atoms with Gasteiger partial charge in [0.2, 0.25) is 5.91 Å². The highest BCUT2D eigenvalue weighted by Crippen LogP contribution is 2.38. The highest BCUT2D eigenvalue weighted by atomic mass is 32.1. The molecule has 0 aliphatic rings. The van der Waals surface area contributed by atoms with Crippen LogP contribution in [0.2, 0.25) is 0 Å². The highest BCUT2D eigenvalue weighted by Gasteiger charge is 2.42. The third-order valence-electron chi connectivity index (χ3n) is 5.41. The van der Waals surface area contributed by atoms with Crippen LogP contribution in [0.4, 0.5) is 5.69 Å². The Kier molecular flexibility index (Phi) is 6.55. The monoisotopic (exact) mass is 441 g/mol. The van der Waals surface area contributed by atoms with E-state index in [4.69, 9.17) is 9.47 Å². The standard InChI is InChI=1S/C24H27NO5S/c1-14(2)15-6-8-17(9-7-15)25-22(26)24(3,23(27)28)13-18-10-16-11-19(29-4)20(30-5)12-21(16)31-18/h6-12,14H,13H2,1-5H3,(H,25,26)(H,27,28). The van der Waals surface area contributed by atoms with E-state index in [0.717, 1.165) is 20.5 Å². The number of methoxy groups -OCH3 is 2. The average molecular weight is 442 g/mol. The molecule has 31 heavy (non-hydrogen) atoms. The third kappa shape index (κ3) is 4.66. The van der Waals surface area contributed by atoms with Crippen LogP contribution in [0.3, 0.4) is 0 Å². The fraction of sp³-hybridized carbons (Fsp3) is 0.333. The SMILES string of the molecule is COc1cc2cc(CC(C)(C(=O)O)C(=O)Nc3ccc(C(C)C)cc3)sc2cc1OC. The Morgan fingerprint density at radius 2 is 1.68 bits per heavy atom. The Hall–Kier alpha value is -3.06. The van der Waals surface area contributed by atoms with E-state index in [1.807, 2.05) is 30.3 Å². The van der Waals surface area contributed by atoms with Gasteiger partial charge in [-0.1, -0.05) is 26.0 Å². The Bertz CT molecular complexity index is 1060. The number of ether oxygens (including phenoxy) is 2. The minimum Gasteiger partial charge on any atom is -0.493 e. The summed E-state index contributed by atoms with van der Waals surface area (Å²) in [5, 5.41) is 13.6. The molecule has 0 bridgehead atoms. The van der Waals surface area contributed by atoms with Crippen molar-refractivity contribution < 1.29 is 24.2 Å². The van der Waals surface area contributed by atoms with Crippen molar-refractivity contribution in [1.82, 2.24) is 0 Å². The van der Waals surface area contributed by atoms with Crippen LogP contribution >= 0.6 is 11.3 Å². The van der Waals surface area contributed by atoms with E-state index in [1.165, 1.54) is 18.3 Å². The fourth-order valence-electron chi connectivity index (χ4n) is 3.33. The molecule has 1 unspecified atom stereocenters. The van der Waals surface area contributed by atoms with Crippen molar-refractivity contribution in [2.24, 2.45) is 5.41 Å². The lowest BCUT2D eigenvalue weighted by Gasteiger charge is -2.23. The first kappa shape index (κ1) is 22.6. The topological polar surface area (TPSA) is 84.9 Å². The number of aliphatic carboxylic acids is 1. The van der Waals surface area contributed by atoms with Gasteiger partial charge >= 0.3 is 5.97 Å². The van der Waals surface area contributed by atoms with Gasteiger partial charge in [0.05, 0.1) is 14.2 Å². The van der Waals surface area contributed by atoms with Crippen LogP contribution in [0, 0.1) is 5.41 Å². The van der Waals surface area contributed by atoms with Gasteiger partial charge in [0.1, 0.15) is 5.41 Å². The molecule has 2 aromatic carbocycles. The number of hydrogen-bond acceptors (Lipinski definition) is 5. The summed E-state index contributed by atoms with van der Waals surface area (Å²) in [5.41, 5.74) is 0.106. The molecule has 1 heterocycles. The first-order valence-electron chi connectivity index (χ1n) is 9.97. The first-order chi connectivity index (χ1) is 14.7. The van der Waals surface area contributed by atoms with Crippen molar-refractivity contribution in [3.8, 4) is 11.5 Å². The molecule has 1 atom stereocenters. The van der Waals surface area contributed by atoms with Crippen LogP contribution in [0.5, 0.6) is 11.5 Å². The Labute approximate surface area is 185 Å². The quantitative estimate of drug-likeness (QED) is 0.463. The first-order valence-corrected chi connectivity index (χ1v) is 10.8. The van der Waals surface area contributed by atoms with Gasteiger partial charge in [-0.25, -0.2) is 0 Å². The molecule has 0 fully saturated rings. The van der Waals surface area contributed by atoms with Crippen molar-refractivity contribution in [1.29, 1.82) is 0 Å². The normalized spacial score (nSPS) is 13.1. The lowest BCUT2D eigenvalue weighted by atomic mass is 9.85. The zero-order valence-corrected chi connectivity index (χ0v) is 19.1. The maximum absolute atomic E-state index is 13.0. The molecule has 0 aliphatic heterocycles. The molecular weight excluding hydrogens is 414 g/mol. The predicted octanol–water partition coefficient (Wildman–Crippen LogP) is 5.31. The summed E-state index contributed by atoms with van der Waals surface area (Å²) in [5.74, 6) is -0.143. The van der Waals surface area contributed by atoms with Gasteiger partial charge in [-0.2, -0.15) is 0 Å². The second kappa shape index (κ2) is 8.98. The van der Waals surface area contributed by atoms with Crippen LogP contribution in [0.15, 0.2) is 42.5 Å². The molecule has 6 nitrogen and oxygen atoms in total. The van der Waals surface area contributed by atoms with E-state index in [0.29, 0.717) is 23.1 Å². The van der Waals surface area contributed by atoms with E-state index >= 15 is 0 Å². The van der Waals surface area contributed by atoms with Crippen LogP contribution < -0.4 is 14.8 Å². The van der Waals surface area contributed by atoms with Crippen LogP contribution in [-0.4, -0.2) is 31.2 Å². The Morgan fingerprint density at radius 3 is 2.23 bits per heavy atom. The molecule has 164 valence electrons. The number of carboxylic acid groups (broad SMARTS) is 1. The number of hydrogen-bond donors (Lipinski definition) is 2.